The highest BCUT2D eigenvalue weighted by Crippen LogP contribution is 2.27. The van der Waals surface area contributed by atoms with E-state index in [0.717, 1.165) is 31.5 Å². The average Bonchev–Trinajstić information content (AvgIpc) is 2.61. The van der Waals surface area contributed by atoms with Gasteiger partial charge in [-0.3, -0.25) is 4.79 Å². The summed E-state index contributed by atoms with van der Waals surface area (Å²) in [5.41, 5.74) is 0.971. The Morgan fingerprint density at radius 1 is 1.69 bits per heavy atom. The molecule has 1 aromatic heterocycles. The predicted molar refractivity (Wildman–Crippen MR) is 67.4 cm³/mol. The molecular weight excluding hydrogens is 244 g/mol. The minimum absolute atomic E-state index is 0.0446. The van der Waals surface area contributed by atoms with Crippen molar-refractivity contribution in [3.05, 3.63) is 20.8 Å². The van der Waals surface area contributed by atoms with Crippen molar-refractivity contribution in [2.75, 3.05) is 13.1 Å². The minimum Gasteiger partial charge on any atom is -0.347 e. The molecule has 88 valence electrons. The topological polar surface area (TPSA) is 41.1 Å². The molecule has 1 amide bonds. The molecule has 0 radical (unpaired) electrons. The fourth-order valence-electron chi connectivity index (χ4n) is 1.81. The van der Waals surface area contributed by atoms with Crippen LogP contribution in [-0.2, 0) is 0 Å². The molecule has 3 nitrogen and oxygen atoms in total. The first-order valence-electron chi connectivity index (χ1n) is 5.43. The Hall–Kier alpha value is -0.580. The first-order valence-corrected chi connectivity index (χ1v) is 6.69. The Balaban J connectivity index is 1.99. The van der Waals surface area contributed by atoms with Gasteiger partial charge in [-0.05, 0) is 37.3 Å². The maximum Gasteiger partial charge on any atom is 0.263 e. The van der Waals surface area contributed by atoms with E-state index in [1.807, 2.05) is 12.3 Å². The lowest BCUT2D eigenvalue weighted by atomic mass is 10.1. The molecule has 1 aliphatic rings. The van der Waals surface area contributed by atoms with Gasteiger partial charge in [0, 0.05) is 12.6 Å². The number of carbonyl (C=O) groups excluding carboxylic acids is 1. The molecule has 16 heavy (non-hydrogen) atoms. The number of halogens is 1. The average molecular weight is 259 g/mol. The van der Waals surface area contributed by atoms with Gasteiger partial charge in [0.2, 0.25) is 0 Å². The maximum atomic E-state index is 11.9. The number of hydrogen-bond donors (Lipinski definition) is 2. The molecule has 0 aliphatic carbocycles. The van der Waals surface area contributed by atoms with Crippen LogP contribution in [0.5, 0.6) is 0 Å². The first kappa shape index (κ1) is 11.9. The van der Waals surface area contributed by atoms with Crippen molar-refractivity contribution in [2.45, 2.75) is 25.8 Å². The number of amides is 1. The molecule has 0 saturated carbocycles. The van der Waals surface area contributed by atoms with Crippen molar-refractivity contribution in [1.29, 1.82) is 0 Å². The summed E-state index contributed by atoms with van der Waals surface area (Å²) in [6.45, 7) is 3.82. The second kappa shape index (κ2) is 5.17. The van der Waals surface area contributed by atoms with Gasteiger partial charge in [-0.1, -0.05) is 11.6 Å². The van der Waals surface area contributed by atoms with Crippen LogP contribution < -0.4 is 10.6 Å². The van der Waals surface area contributed by atoms with Crippen LogP contribution in [0.4, 0.5) is 0 Å². The molecule has 0 aromatic carbocycles. The Labute approximate surface area is 104 Å². The number of hydrogen-bond acceptors (Lipinski definition) is 3. The van der Waals surface area contributed by atoms with E-state index in [9.17, 15) is 4.79 Å². The van der Waals surface area contributed by atoms with E-state index in [4.69, 9.17) is 11.6 Å². The third kappa shape index (κ3) is 2.56. The van der Waals surface area contributed by atoms with E-state index < -0.39 is 0 Å². The molecule has 1 saturated heterocycles. The van der Waals surface area contributed by atoms with E-state index in [1.165, 1.54) is 11.3 Å². The zero-order valence-electron chi connectivity index (χ0n) is 9.18. The Morgan fingerprint density at radius 3 is 3.06 bits per heavy atom. The van der Waals surface area contributed by atoms with Crippen LogP contribution in [0, 0.1) is 6.92 Å². The highest BCUT2D eigenvalue weighted by molar-refractivity contribution is 7.13. The molecule has 2 rings (SSSR count). The number of thiophene rings is 1. The summed E-state index contributed by atoms with van der Waals surface area (Å²) in [6, 6.07) is 0.236. The summed E-state index contributed by atoms with van der Waals surface area (Å²) in [5.74, 6) is -0.0446. The molecule has 1 aliphatic heterocycles. The Morgan fingerprint density at radius 2 is 2.50 bits per heavy atom. The van der Waals surface area contributed by atoms with E-state index in [2.05, 4.69) is 10.6 Å². The Bertz CT molecular complexity index is 385. The molecule has 5 heteroatoms. The summed E-state index contributed by atoms with van der Waals surface area (Å²) in [6.07, 6.45) is 2.16. The predicted octanol–water partition coefficient (Wildman–Crippen LogP) is 2.19. The molecule has 1 fully saturated rings. The zero-order valence-corrected chi connectivity index (χ0v) is 10.8. The fraction of sp³-hybridized carbons (Fsp3) is 0.545. The molecule has 1 atom stereocenters. The summed E-state index contributed by atoms with van der Waals surface area (Å²) < 4.78 is 0. The summed E-state index contributed by atoms with van der Waals surface area (Å²) >= 11 is 7.46. The van der Waals surface area contributed by atoms with Gasteiger partial charge in [-0.15, -0.1) is 11.3 Å². The lowest BCUT2D eigenvalue weighted by molar-refractivity contribution is 0.0935. The summed E-state index contributed by atoms with van der Waals surface area (Å²) in [4.78, 5) is 12.6. The fourth-order valence-corrected chi connectivity index (χ4v) is 2.99. The van der Waals surface area contributed by atoms with Gasteiger partial charge in [0.25, 0.3) is 5.91 Å². The number of nitrogens with one attached hydrogen (secondary N) is 2. The van der Waals surface area contributed by atoms with E-state index in [0.29, 0.717) is 9.90 Å². The molecule has 0 spiro atoms. The van der Waals surface area contributed by atoms with Gasteiger partial charge in [0.15, 0.2) is 0 Å². The van der Waals surface area contributed by atoms with Crippen LogP contribution >= 0.6 is 22.9 Å². The van der Waals surface area contributed by atoms with Crippen LogP contribution in [0.25, 0.3) is 0 Å². The zero-order chi connectivity index (χ0) is 11.5. The smallest absolute Gasteiger partial charge is 0.263 e. The second-order valence-electron chi connectivity index (χ2n) is 4.08. The van der Waals surface area contributed by atoms with E-state index >= 15 is 0 Å². The van der Waals surface area contributed by atoms with Crippen LogP contribution in [0.15, 0.2) is 5.38 Å². The van der Waals surface area contributed by atoms with Crippen LogP contribution in [-0.4, -0.2) is 25.0 Å². The van der Waals surface area contributed by atoms with Crippen molar-refractivity contribution in [3.8, 4) is 0 Å². The van der Waals surface area contributed by atoms with Crippen molar-refractivity contribution in [1.82, 2.24) is 10.6 Å². The molecular formula is C11H15ClN2OS. The lowest BCUT2D eigenvalue weighted by Crippen LogP contribution is -2.45. The van der Waals surface area contributed by atoms with Gasteiger partial charge in [-0.2, -0.15) is 0 Å². The van der Waals surface area contributed by atoms with Crippen LogP contribution in [0.1, 0.15) is 28.1 Å². The minimum atomic E-state index is -0.0446. The number of aryl methyl sites for hydroxylation is 1. The molecule has 2 N–H and O–H groups in total. The standard InChI is InChI=1S/C11H15ClN2OS/c1-7-6-16-10(9(7)12)11(15)14-8-3-2-4-13-5-8/h6,8,13H,2-5H2,1H3,(H,14,15)/t8-/m1/s1. The van der Waals surface area contributed by atoms with Crippen molar-refractivity contribution >= 4 is 28.8 Å². The van der Waals surface area contributed by atoms with Gasteiger partial charge in [-0.25, -0.2) is 0 Å². The molecule has 2 heterocycles. The van der Waals surface area contributed by atoms with Gasteiger partial charge < -0.3 is 10.6 Å². The largest absolute Gasteiger partial charge is 0.347 e. The third-order valence-corrected chi connectivity index (χ3v) is 4.43. The summed E-state index contributed by atoms with van der Waals surface area (Å²) in [5, 5.41) is 8.78. The number of rotatable bonds is 2. The van der Waals surface area contributed by atoms with Crippen LogP contribution in [0.2, 0.25) is 5.02 Å². The van der Waals surface area contributed by atoms with Gasteiger partial charge in [0.05, 0.1) is 5.02 Å². The number of carbonyl (C=O) groups is 1. The van der Waals surface area contributed by atoms with Gasteiger partial charge >= 0.3 is 0 Å². The number of piperidine rings is 1. The lowest BCUT2D eigenvalue weighted by Gasteiger charge is -2.23. The monoisotopic (exact) mass is 258 g/mol. The third-order valence-electron chi connectivity index (χ3n) is 2.74. The highest BCUT2D eigenvalue weighted by atomic mass is 35.5. The summed E-state index contributed by atoms with van der Waals surface area (Å²) in [7, 11) is 0. The van der Waals surface area contributed by atoms with E-state index in [-0.39, 0.29) is 11.9 Å². The first-order chi connectivity index (χ1) is 7.68. The van der Waals surface area contributed by atoms with Crippen LogP contribution in [0.3, 0.4) is 0 Å². The Kier molecular flexibility index (Phi) is 3.84. The second-order valence-corrected chi connectivity index (χ2v) is 5.34. The highest BCUT2D eigenvalue weighted by Gasteiger charge is 2.19. The van der Waals surface area contributed by atoms with Gasteiger partial charge in [0.1, 0.15) is 4.88 Å². The maximum absolute atomic E-state index is 11.9. The van der Waals surface area contributed by atoms with Crippen molar-refractivity contribution in [2.24, 2.45) is 0 Å². The quantitative estimate of drug-likeness (QED) is 0.854. The molecule has 0 bridgehead atoms. The molecule has 0 unspecified atom stereocenters. The van der Waals surface area contributed by atoms with Crippen molar-refractivity contribution < 1.29 is 4.79 Å². The normalized spacial score (nSPS) is 20.8. The molecule has 1 aromatic rings. The van der Waals surface area contributed by atoms with Crippen molar-refractivity contribution in [3.63, 3.8) is 0 Å². The van der Waals surface area contributed by atoms with E-state index in [1.54, 1.807) is 0 Å². The SMILES string of the molecule is Cc1csc(C(=O)N[C@@H]2CCCNC2)c1Cl.